The number of epoxide rings is 1. The molecule has 2 bridgehead atoms. The predicted molar refractivity (Wildman–Crippen MR) is 49.3 cm³/mol. The molecule has 2 heteroatoms. The van der Waals surface area contributed by atoms with Crippen LogP contribution in [-0.4, -0.2) is 22.9 Å². The van der Waals surface area contributed by atoms with Crippen molar-refractivity contribution in [3.63, 3.8) is 0 Å². The molecule has 2 nitrogen and oxygen atoms in total. The van der Waals surface area contributed by atoms with Gasteiger partial charge >= 0.3 is 0 Å². The summed E-state index contributed by atoms with van der Waals surface area (Å²) in [5.74, 6) is 1.07. The molecule has 0 aromatic carbocycles. The van der Waals surface area contributed by atoms with Crippen molar-refractivity contribution in [3.05, 3.63) is 0 Å². The molecule has 1 N–H and O–H groups in total. The Bertz CT molecular complexity index is 255. The summed E-state index contributed by atoms with van der Waals surface area (Å²) >= 11 is 0. The molecule has 0 aromatic heterocycles. The van der Waals surface area contributed by atoms with Crippen molar-refractivity contribution in [1.29, 1.82) is 0 Å². The molecule has 1 saturated heterocycles. The molecule has 0 spiro atoms. The van der Waals surface area contributed by atoms with Gasteiger partial charge in [0.25, 0.3) is 0 Å². The van der Waals surface area contributed by atoms with Gasteiger partial charge in [-0.15, -0.1) is 0 Å². The molecule has 1 aliphatic heterocycles. The highest BCUT2D eigenvalue weighted by atomic mass is 16.6. The number of rotatable bonds is 0. The molecule has 3 fully saturated rings. The largest absolute Gasteiger partial charge is 0.389 e. The zero-order chi connectivity index (χ0) is 9.43. The summed E-state index contributed by atoms with van der Waals surface area (Å²) in [5.41, 5.74) is -0.460. The SMILES string of the molecule is CC(C)(C)[C@]1(O)C[C@@H]2C[C@H]1[C@H]1O[C@@H]21. The average molecular weight is 182 g/mol. The molecule has 1 heterocycles. The summed E-state index contributed by atoms with van der Waals surface area (Å²) in [7, 11) is 0. The Kier molecular flexibility index (Phi) is 1.24. The van der Waals surface area contributed by atoms with Crippen LogP contribution in [0.4, 0.5) is 0 Å². The molecule has 0 aromatic rings. The van der Waals surface area contributed by atoms with Crippen molar-refractivity contribution in [2.24, 2.45) is 17.3 Å². The lowest BCUT2D eigenvalue weighted by molar-refractivity contribution is -0.0973. The van der Waals surface area contributed by atoms with E-state index in [0.717, 1.165) is 6.42 Å². The molecule has 3 aliphatic rings. The van der Waals surface area contributed by atoms with Crippen molar-refractivity contribution in [1.82, 2.24) is 0 Å². The summed E-state index contributed by atoms with van der Waals surface area (Å²) in [6.45, 7) is 6.43. The Labute approximate surface area is 79.3 Å². The van der Waals surface area contributed by atoms with Crippen LogP contribution in [-0.2, 0) is 4.74 Å². The van der Waals surface area contributed by atoms with E-state index < -0.39 is 5.60 Å². The van der Waals surface area contributed by atoms with Gasteiger partial charge in [0, 0.05) is 5.92 Å². The topological polar surface area (TPSA) is 32.8 Å². The highest BCUT2D eigenvalue weighted by Crippen LogP contribution is 2.64. The second-order valence-electron chi connectivity index (χ2n) is 6.05. The molecule has 3 rings (SSSR count). The predicted octanol–water partition coefficient (Wildman–Crippen LogP) is 1.57. The number of fused-ring (bicyclic) bond motifs is 5. The van der Waals surface area contributed by atoms with E-state index in [9.17, 15) is 5.11 Å². The van der Waals surface area contributed by atoms with E-state index in [2.05, 4.69) is 20.8 Å². The van der Waals surface area contributed by atoms with Crippen LogP contribution in [0.1, 0.15) is 33.6 Å². The Hall–Kier alpha value is -0.0800. The monoisotopic (exact) mass is 182 g/mol. The third-order valence-corrected chi connectivity index (χ3v) is 4.46. The van der Waals surface area contributed by atoms with Gasteiger partial charge in [0.2, 0.25) is 0 Å². The van der Waals surface area contributed by atoms with Gasteiger partial charge in [-0.1, -0.05) is 20.8 Å². The molecule has 0 unspecified atom stereocenters. The third kappa shape index (κ3) is 0.816. The standard InChI is InChI=1S/C11H18O2/c1-10(2,3)11(12)5-6-4-7(11)9-8(6)13-9/h6-9,12H,4-5H2,1-3H3/t6-,7-,8-,9+,11-/m0/s1. The van der Waals surface area contributed by atoms with Crippen LogP contribution in [0.3, 0.4) is 0 Å². The fourth-order valence-electron chi connectivity index (χ4n) is 3.51. The van der Waals surface area contributed by atoms with Gasteiger partial charge < -0.3 is 9.84 Å². The van der Waals surface area contributed by atoms with Gasteiger partial charge in [0.1, 0.15) is 0 Å². The lowest BCUT2D eigenvalue weighted by Crippen LogP contribution is -2.49. The minimum Gasteiger partial charge on any atom is -0.389 e. The normalized spacial score (nSPS) is 58.2. The fourth-order valence-corrected chi connectivity index (χ4v) is 3.51. The van der Waals surface area contributed by atoms with Gasteiger partial charge in [-0.3, -0.25) is 0 Å². The molecule has 2 aliphatic carbocycles. The lowest BCUT2D eigenvalue weighted by atomic mass is 9.67. The highest BCUT2D eigenvalue weighted by Gasteiger charge is 2.70. The molecule has 0 amide bonds. The van der Waals surface area contributed by atoms with Crippen LogP contribution < -0.4 is 0 Å². The highest BCUT2D eigenvalue weighted by molar-refractivity contribution is 5.19. The van der Waals surface area contributed by atoms with Crippen molar-refractivity contribution in [2.45, 2.75) is 51.4 Å². The first-order valence-electron chi connectivity index (χ1n) is 5.31. The zero-order valence-corrected chi connectivity index (χ0v) is 8.58. The first kappa shape index (κ1) is 8.25. The van der Waals surface area contributed by atoms with Gasteiger partial charge in [0.05, 0.1) is 17.8 Å². The lowest BCUT2D eigenvalue weighted by Gasteiger charge is -2.42. The van der Waals surface area contributed by atoms with Crippen LogP contribution in [0.2, 0.25) is 0 Å². The maximum Gasteiger partial charge on any atom is 0.0900 e. The van der Waals surface area contributed by atoms with E-state index in [0.29, 0.717) is 24.0 Å². The van der Waals surface area contributed by atoms with Crippen LogP contribution >= 0.6 is 0 Å². The molecule has 2 saturated carbocycles. The minimum atomic E-state index is -0.463. The van der Waals surface area contributed by atoms with Crippen LogP contribution in [0, 0.1) is 17.3 Å². The molecular formula is C11H18O2. The second-order valence-corrected chi connectivity index (χ2v) is 6.05. The fraction of sp³-hybridized carbons (Fsp3) is 1.00. The van der Waals surface area contributed by atoms with Gasteiger partial charge in [-0.25, -0.2) is 0 Å². The molecule has 0 radical (unpaired) electrons. The summed E-state index contributed by atoms with van der Waals surface area (Å²) in [4.78, 5) is 0. The second kappa shape index (κ2) is 1.96. The van der Waals surface area contributed by atoms with E-state index in [-0.39, 0.29) is 5.41 Å². The number of hydrogen-bond acceptors (Lipinski definition) is 2. The number of hydrogen-bond donors (Lipinski definition) is 1. The summed E-state index contributed by atoms with van der Waals surface area (Å²) in [6, 6.07) is 0. The van der Waals surface area contributed by atoms with Crippen molar-refractivity contribution < 1.29 is 9.84 Å². The van der Waals surface area contributed by atoms with E-state index in [1.54, 1.807) is 0 Å². The van der Waals surface area contributed by atoms with Crippen LogP contribution in [0.15, 0.2) is 0 Å². The van der Waals surface area contributed by atoms with E-state index in [1.807, 2.05) is 0 Å². The van der Waals surface area contributed by atoms with Crippen molar-refractivity contribution in [3.8, 4) is 0 Å². The molecule has 13 heavy (non-hydrogen) atoms. The van der Waals surface area contributed by atoms with Crippen LogP contribution in [0.25, 0.3) is 0 Å². The third-order valence-electron chi connectivity index (χ3n) is 4.46. The van der Waals surface area contributed by atoms with Crippen LogP contribution in [0.5, 0.6) is 0 Å². The summed E-state index contributed by atoms with van der Waals surface area (Å²) in [6.07, 6.45) is 3.08. The average Bonchev–Trinajstić information content (AvgIpc) is 2.61. The quantitative estimate of drug-likeness (QED) is 0.577. The van der Waals surface area contributed by atoms with E-state index in [4.69, 9.17) is 4.74 Å². The van der Waals surface area contributed by atoms with Gasteiger partial charge in [-0.05, 0) is 24.2 Å². The molecule has 5 atom stereocenters. The Balaban J connectivity index is 1.94. The first-order valence-corrected chi connectivity index (χ1v) is 5.31. The first-order chi connectivity index (χ1) is 5.93. The summed E-state index contributed by atoms with van der Waals surface area (Å²) < 4.78 is 5.57. The van der Waals surface area contributed by atoms with E-state index in [1.165, 1.54) is 6.42 Å². The number of ether oxygens (including phenoxy) is 1. The van der Waals surface area contributed by atoms with E-state index >= 15 is 0 Å². The van der Waals surface area contributed by atoms with Crippen molar-refractivity contribution >= 4 is 0 Å². The Morgan fingerprint density at radius 1 is 1.31 bits per heavy atom. The smallest absolute Gasteiger partial charge is 0.0900 e. The Morgan fingerprint density at radius 3 is 2.46 bits per heavy atom. The molecule has 74 valence electrons. The minimum absolute atomic E-state index is 0.00331. The van der Waals surface area contributed by atoms with Gasteiger partial charge in [0.15, 0.2) is 0 Å². The summed E-state index contributed by atoms with van der Waals surface area (Å²) in [5, 5.41) is 10.6. The van der Waals surface area contributed by atoms with Crippen molar-refractivity contribution in [2.75, 3.05) is 0 Å². The zero-order valence-electron chi connectivity index (χ0n) is 8.58. The maximum atomic E-state index is 10.6. The molecular weight excluding hydrogens is 164 g/mol. The maximum absolute atomic E-state index is 10.6. The number of aliphatic hydroxyl groups is 1. The Morgan fingerprint density at radius 2 is 2.00 bits per heavy atom. The van der Waals surface area contributed by atoms with Gasteiger partial charge in [-0.2, -0.15) is 0 Å².